The maximum Gasteiger partial charge on any atom is 0.0229 e. The zero-order valence-electron chi connectivity index (χ0n) is 11.1. The Balaban J connectivity index is 1.76. The third kappa shape index (κ3) is 3.19. The highest BCUT2D eigenvalue weighted by Crippen LogP contribution is 2.33. The number of rotatable bonds is 6. The van der Waals surface area contributed by atoms with Crippen LogP contribution >= 0.6 is 0 Å². The maximum absolute atomic E-state index is 3.66. The molecule has 94 valence electrons. The molecule has 1 saturated heterocycles. The van der Waals surface area contributed by atoms with Gasteiger partial charge in [-0.25, -0.2) is 0 Å². The average molecular weight is 225 g/mol. The van der Waals surface area contributed by atoms with E-state index in [2.05, 4.69) is 36.1 Å². The molecular weight excluding hydrogens is 198 g/mol. The summed E-state index contributed by atoms with van der Waals surface area (Å²) < 4.78 is 0. The van der Waals surface area contributed by atoms with Gasteiger partial charge >= 0.3 is 0 Å². The van der Waals surface area contributed by atoms with Crippen molar-refractivity contribution in [2.75, 3.05) is 40.3 Å². The molecule has 0 aromatic carbocycles. The maximum atomic E-state index is 3.66. The minimum absolute atomic E-state index is 0.755. The van der Waals surface area contributed by atoms with Gasteiger partial charge in [0.15, 0.2) is 0 Å². The summed E-state index contributed by atoms with van der Waals surface area (Å²) in [6.07, 6.45) is 4.24. The van der Waals surface area contributed by atoms with Crippen molar-refractivity contribution in [2.45, 2.75) is 38.3 Å². The summed E-state index contributed by atoms with van der Waals surface area (Å²) in [7, 11) is 4.41. The lowest BCUT2D eigenvalue weighted by atomic mass is 10.1. The topological polar surface area (TPSA) is 18.5 Å². The monoisotopic (exact) mass is 225 g/mol. The first-order chi connectivity index (χ1) is 7.70. The molecule has 0 radical (unpaired) electrons. The highest BCUT2D eigenvalue weighted by molar-refractivity contribution is 4.91. The summed E-state index contributed by atoms with van der Waals surface area (Å²) in [4.78, 5) is 5.02. The van der Waals surface area contributed by atoms with E-state index < -0.39 is 0 Å². The predicted molar refractivity (Wildman–Crippen MR) is 68.7 cm³/mol. The lowest BCUT2D eigenvalue weighted by molar-refractivity contribution is 0.243. The molecule has 1 N–H and O–H groups in total. The number of nitrogens with one attached hydrogen (secondary N) is 1. The molecule has 0 bridgehead atoms. The predicted octanol–water partition coefficient (Wildman–Crippen LogP) is 1.01. The van der Waals surface area contributed by atoms with E-state index in [9.17, 15) is 0 Å². The Kier molecular flexibility index (Phi) is 4.22. The van der Waals surface area contributed by atoms with Crippen LogP contribution in [-0.2, 0) is 0 Å². The quantitative estimate of drug-likeness (QED) is 0.728. The standard InChI is InChI=1S/C13H27N3/c1-4-14-13(11-5-6-11)10-16-8-7-12(9-16)15(2)3/h11-14H,4-10H2,1-3H3. The van der Waals surface area contributed by atoms with Crippen LogP contribution in [0.25, 0.3) is 0 Å². The molecular formula is C13H27N3. The van der Waals surface area contributed by atoms with Gasteiger partial charge < -0.3 is 15.1 Å². The van der Waals surface area contributed by atoms with E-state index in [0.29, 0.717) is 0 Å². The van der Waals surface area contributed by atoms with Crippen molar-refractivity contribution in [3.8, 4) is 0 Å². The Morgan fingerprint density at radius 2 is 2.06 bits per heavy atom. The molecule has 2 unspecified atom stereocenters. The van der Waals surface area contributed by atoms with E-state index in [4.69, 9.17) is 0 Å². The van der Waals surface area contributed by atoms with E-state index in [1.165, 1.54) is 38.9 Å². The van der Waals surface area contributed by atoms with Crippen molar-refractivity contribution < 1.29 is 0 Å². The minimum Gasteiger partial charge on any atom is -0.313 e. The van der Waals surface area contributed by atoms with E-state index in [1.54, 1.807) is 0 Å². The van der Waals surface area contributed by atoms with Crippen LogP contribution in [-0.4, -0.2) is 62.2 Å². The highest BCUT2D eigenvalue weighted by Gasteiger charge is 2.33. The van der Waals surface area contributed by atoms with Gasteiger partial charge in [-0.05, 0) is 52.4 Å². The summed E-state index contributed by atoms with van der Waals surface area (Å²) in [6, 6.07) is 1.53. The van der Waals surface area contributed by atoms with Crippen molar-refractivity contribution in [1.29, 1.82) is 0 Å². The molecule has 3 nitrogen and oxygen atoms in total. The molecule has 0 aromatic heterocycles. The van der Waals surface area contributed by atoms with Crippen LogP contribution < -0.4 is 5.32 Å². The number of hydrogen-bond acceptors (Lipinski definition) is 3. The van der Waals surface area contributed by atoms with Crippen LogP contribution in [0.5, 0.6) is 0 Å². The molecule has 1 aliphatic heterocycles. The van der Waals surface area contributed by atoms with Gasteiger partial charge in [0.2, 0.25) is 0 Å². The lowest BCUT2D eigenvalue weighted by Crippen LogP contribution is -2.42. The van der Waals surface area contributed by atoms with E-state index in [-0.39, 0.29) is 0 Å². The van der Waals surface area contributed by atoms with Crippen LogP contribution in [0.3, 0.4) is 0 Å². The molecule has 0 aromatic rings. The van der Waals surface area contributed by atoms with Crippen LogP contribution in [0.1, 0.15) is 26.2 Å². The number of nitrogens with zero attached hydrogens (tertiary/aromatic N) is 2. The molecule has 2 aliphatic rings. The van der Waals surface area contributed by atoms with Gasteiger partial charge in [0.25, 0.3) is 0 Å². The molecule has 3 heteroatoms. The third-order valence-electron chi connectivity index (χ3n) is 4.09. The van der Waals surface area contributed by atoms with Gasteiger partial charge in [-0.1, -0.05) is 6.92 Å². The fourth-order valence-electron chi connectivity index (χ4n) is 2.82. The highest BCUT2D eigenvalue weighted by atomic mass is 15.2. The van der Waals surface area contributed by atoms with E-state index in [1.807, 2.05) is 0 Å². The first-order valence-electron chi connectivity index (χ1n) is 6.83. The van der Waals surface area contributed by atoms with Crippen molar-refractivity contribution in [1.82, 2.24) is 15.1 Å². The molecule has 16 heavy (non-hydrogen) atoms. The summed E-state index contributed by atoms with van der Waals surface area (Å²) in [5.74, 6) is 0.971. The summed E-state index contributed by atoms with van der Waals surface area (Å²) in [5, 5.41) is 3.66. The minimum atomic E-state index is 0.755. The van der Waals surface area contributed by atoms with E-state index >= 15 is 0 Å². The molecule has 0 amide bonds. The Morgan fingerprint density at radius 3 is 2.56 bits per heavy atom. The molecule has 1 heterocycles. The Morgan fingerprint density at radius 1 is 1.31 bits per heavy atom. The van der Waals surface area contributed by atoms with Crippen LogP contribution in [0.2, 0.25) is 0 Å². The largest absolute Gasteiger partial charge is 0.313 e. The molecule has 2 atom stereocenters. The summed E-state index contributed by atoms with van der Waals surface area (Å²) in [5.41, 5.74) is 0. The van der Waals surface area contributed by atoms with Crippen molar-refractivity contribution in [3.05, 3.63) is 0 Å². The molecule has 1 aliphatic carbocycles. The lowest BCUT2D eigenvalue weighted by Gasteiger charge is -2.25. The van der Waals surface area contributed by atoms with Gasteiger partial charge in [0.1, 0.15) is 0 Å². The number of likely N-dealkylation sites (N-methyl/N-ethyl adjacent to an activating group) is 2. The van der Waals surface area contributed by atoms with Crippen LogP contribution in [0.4, 0.5) is 0 Å². The molecule has 2 rings (SSSR count). The third-order valence-corrected chi connectivity index (χ3v) is 4.09. The van der Waals surface area contributed by atoms with Crippen molar-refractivity contribution in [2.24, 2.45) is 5.92 Å². The summed E-state index contributed by atoms with van der Waals surface area (Å²) >= 11 is 0. The van der Waals surface area contributed by atoms with E-state index in [0.717, 1.165) is 24.5 Å². The second-order valence-corrected chi connectivity index (χ2v) is 5.67. The smallest absolute Gasteiger partial charge is 0.0229 e. The Bertz CT molecular complexity index is 213. The van der Waals surface area contributed by atoms with Gasteiger partial charge in [0, 0.05) is 25.2 Å². The average Bonchev–Trinajstić information content (AvgIpc) is 2.98. The van der Waals surface area contributed by atoms with Crippen LogP contribution in [0, 0.1) is 5.92 Å². The normalized spacial score (nSPS) is 28.9. The Hall–Kier alpha value is -0.120. The second kappa shape index (κ2) is 5.48. The fourth-order valence-corrected chi connectivity index (χ4v) is 2.82. The van der Waals surface area contributed by atoms with Gasteiger partial charge in [-0.2, -0.15) is 0 Å². The van der Waals surface area contributed by atoms with Crippen molar-refractivity contribution in [3.63, 3.8) is 0 Å². The zero-order chi connectivity index (χ0) is 11.5. The first kappa shape index (κ1) is 12.3. The molecule has 1 saturated carbocycles. The number of likely N-dealkylation sites (tertiary alicyclic amines) is 1. The van der Waals surface area contributed by atoms with Gasteiger partial charge in [0.05, 0.1) is 0 Å². The number of hydrogen-bond donors (Lipinski definition) is 1. The van der Waals surface area contributed by atoms with Crippen LogP contribution in [0.15, 0.2) is 0 Å². The summed E-state index contributed by atoms with van der Waals surface area (Å²) in [6.45, 7) is 7.16. The molecule has 2 fully saturated rings. The van der Waals surface area contributed by atoms with Crippen molar-refractivity contribution >= 4 is 0 Å². The second-order valence-electron chi connectivity index (χ2n) is 5.67. The van der Waals surface area contributed by atoms with Gasteiger partial charge in [-0.15, -0.1) is 0 Å². The SMILES string of the molecule is CCNC(CN1CCC(N(C)C)C1)C1CC1. The first-order valence-corrected chi connectivity index (χ1v) is 6.83. The zero-order valence-corrected chi connectivity index (χ0v) is 11.1. The molecule has 0 spiro atoms. The van der Waals surface area contributed by atoms with Gasteiger partial charge in [-0.3, -0.25) is 0 Å². The Labute approximate surface area is 100 Å². The fraction of sp³-hybridized carbons (Fsp3) is 1.00.